The SMILES string of the molecule is CC1(C)OCCn2c1nc(C(=O)NCc1nc3ccccc3[nH]1)c(O)c2=O. The van der Waals surface area contributed by atoms with Crippen LogP contribution in [0.1, 0.15) is 36.0 Å². The molecule has 1 aliphatic rings. The van der Waals surface area contributed by atoms with Gasteiger partial charge in [-0.2, -0.15) is 0 Å². The third-order valence-electron chi connectivity index (χ3n) is 4.53. The highest BCUT2D eigenvalue weighted by atomic mass is 16.5. The van der Waals surface area contributed by atoms with Crippen LogP contribution in [0.15, 0.2) is 29.1 Å². The van der Waals surface area contributed by atoms with E-state index in [1.165, 1.54) is 4.57 Å². The number of amides is 1. The molecule has 0 saturated heterocycles. The van der Waals surface area contributed by atoms with E-state index in [-0.39, 0.29) is 18.8 Å². The van der Waals surface area contributed by atoms with E-state index in [1.54, 1.807) is 13.8 Å². The molecule has 1 aromatic carbocycles. The van der Waals surface area contributed by atoms with Gasteiger partial charge < -0.3 is 20.1 Å². The summed E-state index contributed by atoms with van der Waals surface area (Å²) in [7, 11) is 0. The van der Waals surface area contributed by atoms with Gasteiger partial charge in [0.15, 0.2) is 5.69 Å². The minimum absolute atomic E-state index is 0.104. The highest BCUT2D eigenvalue weighted by Gasteiger charge is 2.34. The number of aromatic amines is 1. The number of nitrogens with one attached hydrogen (secondary N) is 2. The third-order valence-corrected chi connectivity index (χ3v) is 4.53. The summed E-state index contributed by atoms with van der Waals surface area (Å²) in [5, 5.41) is 12.8. The predicted octanol–water partition coefficient (Wildman–Crippen LogP) is 1.02. The zero-order chi connectivity index (χ0) is 19.2. The lowest BCUT2D eigenvalue weighted by atomic mass is 10.1. The molecule has 0 radical (unpaired) electrons. The number of carbonyl (C=O) groups is 1. The second-order valence-electron chi connectivity index (χ2n) is 6.83. The quantitative estimate of drug-likeness (QED) is 0.634. The Hall–Kier alpha value is -3.20. The van der Waals surface area contributed by atoms with Crippen molar-refractivity contribution < 1.29 is 14.6 Å². The molecule has 1 aliphatic heterocycles. The summed E-state index contributed by atoms with van der Waals surface area (Å²) in [4.78, 5) is 36.7. The number of nitrogens with zero attached hydrogens (tertiary/aromatic N) is 3. The maximum Gasteiger partial charge on any atom is 0.296 e. The van der Waals surface area contributed by atoms with Gasteiger partial charge in [-0.1, -0.05) is 12.1 Å². The van der Waals surface area contributed by atoms with E-state index in [0.29, 0.717) is 18.3 Å². The summed E-state index contributed by atoms with van der Waals surface area (Å²) in [6.07, 6.45) is 0. The van der Waals surface area contributed by atoms with Crippen LogP contribution in [-0.4, -0.2) is 37.1 Å². The summed E-state index contributed by atoms with van der Waals surface area (Å²) >= 11 is 0. The third kappa shape index (κ3) is 2.95. The van der Waals surface area contributed by atoms with Crippen molar-refractivity contribution in [1.29, 1.82) is 0 Å². The van der Waals surface area contributed by atoms with Crippen molar-refractivity contribution in [2.75, 3.05) is 6.61 Å². The second-order valence-corrected chi connectivity index (χ2v) is 6.83. The first-order valence-corrected chi connectivity index (χ1v) is 8.57. The van der Waals surface area contributed by atoms with Gasteiger partial charge in [-0.05, 0) is 26.0 Å². The molecule has 0 aliphatic carbocycles. The molecule has 0 spiro atoms. The van der Waals surface area contributed by atoms with Crippen LogP contribution in [0.5, 0.6) is 5.75 Å². The zero-order valence-corrected chi connectivity index (χ0v) is 14.9. The largest absolute Gasteiger partial charge is 0.501 e. The van der Waals surface area contributed by atoms with Gasteiger partial charge >= 0.3 is 0 Å². The monoisotopic (exact) mass is 369 g/mol. The maximum atomic E-state index is 12.5. The highest BCUT2D eigenvalue weighted by molar-refractivity contribution is 5.94. The summed E-state index contributed by atoms with van der Waals surface area (Å²) in [5.74, 6) is -0.457. The summed E-state index contributed by atoms with van der Waals surface area (Å²) in [6.45, 7) is 4.24. The Bertz CT molecular complexity index is 1070. The number of benzene rings is 1. The number of hydrogen-bond donors (Lipinski definition) is 3. The molecular formula is C18H19N5O4. The van der Waals surface area contributed by atoms with Crippen molar-refractivity contribution in [3.8, 4) is 5.75 Å². The number of carbonyl (C=O) groups excluding carboxylic acids is 1. The van der Waals surface area contributed by atoms with E-state index in [4.69, 9.17) is 4.74 Å². The van der Waals surface area contributed by atoms with Crippen molar-refractivity contribution in [1.82, 2.24) is 24.8 Å². The highest BCUT2D eigenvalue weighted by Crippen LogP contribution is 2.27. The van der Waals surface area contributed by atoms with Crippen molar-refractivity contribution in [2.24, 2.45) is 0 Å². The van der Waals surface area contributed by atoms with Crippen molar-refractivity contribution in [3.63, 3.8) is 0 Å². The first-order chi connectivity index (χ1) is 12.9. The first-order valence-electron chi connectivity index (χ1n) is 8.57. The number of imidazole rings is 1. The van der Waals surface area contributed by atoms with Crippen LogP contribution in [0.25, 0.3) is 11.0 Å². The second kappa shape index (κ2) is 6.20. The molecule has 1 amide bonds. The first kappa shape index (κ1) is 17.2. The molecule has 27 heavy (non-hydrogen) atoms. The van der Waals surface area contributed by atoms with Crippen LogP contribution in [-0.2, 0) is 23.4 Å². The fourth-order valence-corrected chi connectivity index (χ4v) is 3.16. The molecule has 9 nitrogen and oxygen atoms in total. The van der Waals surface area contributed by atoms with E-state index in [0.717, 1.165) is 11.0 Å². The van der Waals surface area contributed by atoms with Gasteiger partial charge in [-0.25, -0.2) is 9.97 Å². The number of hydrogen-bond acceptors (Lipinski definition) is 6. The molecule has 0 unspecified atom stereocenters. The van der Waals surface area contributed by atoms with Gasteiger partial charge in [-0.15, -0.1) is 0 Å². The number of aromatic hydroxyl groups is 1. The Morgan fingerprint density at radius 2 is 2.15 bits per heavy atom. The lowest BCUT2D eigenvalue weighted by Gasteiger charge is -2.32. The lowest BCUT2D eigenvalue weighted by molar-refractivity contribution is -0.0566. The summed E-state index contributed by atoms with van der Waals surface area (Å²) in [5.41, 5.74) is -0.160. The number of ether oxygens (including phenoxy) is 1. The number of fused-ring (bicyclic) bond motifs is 2. The van der Waals surface area contributed by atoms with Gasteiger partial charge in [0.25, 0.3) is 11.5 Å². The molecule has 0 bridgehead atoms. The Labute approximate surface area is 154 Å². The standard InChI is InChI=1S/C18H19N5O4/c1-18(2)17-22-13(14(24)16(26)23(17)7-8-27-18)15(25)19-9-12-20-10-5-3-4-6-11(10)21-12/h3-6,24H,7-9H2,1-2H3,(H,19,25)(H,20,21). The minimum atomic E-state index is -0.834. The van der Waals surface area contributed by atoms with Gasteiger partial charge in [0, 0.05) is 0 Å². The van der Waals surface area contributed by atoms with E-state index >= 15 is 0 Å². The number of rotatable bonds is 3. The molecule has 3 N–H and O–H groups in total. The molecule has 140 valence electrons. The molecular weight excluding hydrogens is 350 g/mol. The molecule has 9 heteroatoms. The minimum Gasteiger partial charge on any atom is -0.501 e. The number of aromatic nitrogens is 4. The topological polar surface area (TPSA) is 122 Å². The van der Waals surface area contributed by atoms with E-state index in [2.05, 4.69) is 20.3 Å². The molecule has 0 saturated carbocycles. The molecule has 3 heterocycles. The van der Waals surface area contributed by atoms with Gasteiger partial charge in [0.1, 0.15) is 17.2 Å². The van der Waals surface area contributed by atoms with Crippen LogP contribution >= 0.6 is 0 Å². The zero-order valence-electron chi connectivity index (χ0n) is 14.9. The normalized spacial score (nSPS) is 15.5. The Balaban J connectivity index is 1.62. The van der Waals surface area contributed by atoms with Crippen LogP contribution in [0.3, 0.4) is 0 Å². The van der Waals surface area contributed by atoms with Crippen LogP contribution < -0.4 is 10.9 Å². The molecule has 4 rings (SSSR count). The summed E-state index contributed by atoms with van der Waals surface area (Å²) in [6, 6.07) is 7.50. The van der Waals surface area contributed by atoms with Gasteiger partial charge in [0.2, 0.25) is 5.75 Å². The molecule has 0 fully saturated rings. The van der Waals surface area contributed by atoms with E-state index in [1.807, 2.05) is 24.3 Å². The summed E-state index contributed by atoms with van der Waals surface area (Å²) < 4.78 is 6.98. The van der Waals surface area contributed by atoms with E-state index in [9.17, 15) is 14.7 Å². The molecule has 0 atom stereocenters. The number of H-pyrrole nitrogens is 1. The van der Waals surface area contributed by atoms with Crippen LogP contribution in [0.4, 0.5) is 0 Å². The van der Waals surface area contributed by atoms with Crippen molar-refractivity contribution in [2.45, 2.75) is 32.5 Å². The van der Waals surface area contributed by atoms with Crippen LogP contribution in [0.2, 0.25) is 0 Å². The van der Waals surface area contributed by atoms with E-state index < -0.39 is 22.8 Å². The van der Waals surface area contributed by atoms with Crippen molar-refractivity contribution in [3.05, 3.63) is 52.0 Å². The lowest BCUT2D eigenvalue weighted by Crippen LogP contribution is -2.42. The predicted molar refractivity (Wildman–Crippen MR) is 96.4 cm³/mol. The fraction of sp³-hybridized carbons (Fsp3) is 0.333. The average molecular weight is 369 g/mol. The number of para-hydroxylation sites is 2. The fourth-order valence-electron chi connectivity index (χ4n) is 3.16. The van der Waals surface area contributed by atoms with Crippen LogP contribution in [0, 0.1) is 0 Å². The van der Waals surface area contributed by atoms with Gasteiger partial charge in [0.05, 0.1) is 30.7 Å². The smallest absolute Gasteiger partial charge is 0.296 e. The maximum absolute atomic E-state index is 12.5. The van der Waals surface area contributed by atoms with Gasteiger partial charge in [-0.3, -0.25) is 14.2 Å². The Morgan fingerprint density at radius 1 is 1.37 bits per heavy atom. The van der Waals surface area contributed by atoms with Crippen molar-refractivity contribution >= 4 is 16.9 Å². The average Bonchev–Trinajstić information content (AvgIpc) is 3.05. The Kier molecular flexibility index (Phi) is 3.96. The molecule has 2 aromatic heterocycles. The molecule has 3 aromatic rings. The Morgan fingerprint density at radius 3 is 2.93 bits per heavy atom.